The molecule has 0 aliphatic heterocycles. The smallest absolute Gasteiger partial charge is 0.148 e. The lowest BCUT2D eigenvalue weighted by Gasteiger charge is -2.26. The second kappa shape index (κ2) is 4.87. The fraction of sp³-hybridized carbons (Fsp3) is 0.750. The molecule has 16 heavy (non-hydrogen) atoms. The van der Waals surface area contributed by atoms with Crippen LogP contribution in [-0.2, 0) is 11.8 Å². The first-order valence-electron chi connectivity index (χ1n) is 5.66. The minimum atomic E-state index is -0.101. The summed E-state index contributed by atoms with van der Waals surface area (Å²) >= 11 is 0. The second-order valence-electron chi connectivity index (χ2n) is 5.01. The van der Waals surface area contributed by atoms with E-state index in [2.05, 4.69) is 37.3 Å². The number of ether oxygens (including phenoxy) is 1. The quantitative estimate of drug-likeness (QED) is 0.836. The molecule has 1 unspecified atom stereocenters. The summed E-state index contributed by atoms with van der Waals surface area (Å²) in [4.78, 5) is 0. The molecule has 0 aliphatic rings. The molecule has 1 aromatic rings. The lowest BCUT2D eigenvalue weighted by atomic mass is 10.00. The summed E-state index contributed by atoms with van der Waals surface area (Å²) in [6.45, 7) is 8.37. The first-order valence-corrected chi connectivity index (χ1v) is 5.66. The van der Waals surface area contributed by atoms with Crippen LogP contribution in [0.15, 0.2) is 6.07 Å². The molecule has 1 heterocycles. The van der Waals surface area contributed by atoms with Crippen molar-refractivity contribution in [1.82, 2.24) is 9.78 Å². The van der Waals surface area contributed by atoms with Crippen LogP contribution in [0.4, 0.5) is 5.82 Å². The monoisotopic (exact) mass is 225 g/mol. The summed E-state index contributed by atoms with van der Waals surface area (Å²) in [5.74, 6) is 0.930. The van der Waals surface area contributed by atoms with Crippen molar-refractivity contribution in [3.8, 4) is 0 Å². The van der Waals surface area contributed by atoms with E-state index in [1.807, 2.05) is 18.7 Å². The highest BCUT2D eigenvalue weighted by molar-refractivity contribution is 5.36. The predicted molar refractivity (Wildman–Crippen MR) is 66.7 cm³/mol. The zero-order valence-electron chi connectivity index (χ0n) is 11.2. The Hall–Kier alpha value is -1.03. The topological polar surface area (TPSA) is 39.1 Å². The standard InChI is InChI=1S/C12H23N3O/c1-9(8-12(3,4)16-6)13-11-7-10(2)15(5)14-11/h7,9H,8H2,1-6H3,(H,13,14). The minimum Gasteiger partial charge on any atom is -0.379 e. The van der Waals surface area contributed by atoms with Crippen LogP contribution in [-0.4, -0.2) is 28.5 Å². The first kappa shape index (κ1) is 13.0. The summed E-state index contributed by atoms with van der Waals surface area (Å²) in [5, 5.41) is 7.75. The molecule has 4 heteroatoms. The molecule has 1 rings (SSSR count). The van der Waals surface area contributed by atoms with Crippen molar-refractivity contribution in [3.05, 3.63) is 11.8 Å². The van der Waals surface area contributed by atoms with E-state index in [1.165, 1.54) is 0 Å². The average molecular weight is 225 g/mol. The zero-order chi connectivity index (χ0) is 12.3. The molecule has 4 nitrogen and oxygen atoms in total. The average Bonchev–Trinajstić information content (AvgIpc) is 2.44. The van der Waals surface area contributed by atoms with E-state index in [0.717, 1.165) is 17.9 Å². The molecule has 1 N–H and O–H groups in total. The van der Waals surface area contributed by atoms with Gasteiger partial charge in [0, 0.05) is 32.0 Å². The molecule has 0 aromatic carbocycles. The van der Waals surface area contributed by atoms with E-state index in [1.54, 1.807) is 7.11 Å². The third kappa shape index (κ3) is 3.52. The highest BCUT2D eigenvalue weighted by atomic mass is 16.5. The summed E-state index contributed by atoms with van der Waals surface area (Å²) in [6, 6.07) is 2.39. The Morgan fingerprint density at radius 2 is 2.19 bits per heavy atom. The third-order valence-electron chi connectivity index (χ3n) is 2.86. The molecule has 0 saturated carbocycles. The molecular formula is C12H23N3O. The maximum absolute atomic E-state index is 5.41. The summed E-state index contributed by atoms with van der Waals surface area (Å²) in [5.41, 5.74) is 1.05. The maximum Gasteiger partial charge on any atom is 0.148 e. The van der Waals surface area contributed by atoms with Crippen molar-refractivity contribution in [2.45, 2.75) is 45.8 Å². The van der Waals surface area contributed by atoms with Crippen LogP contribution in [0, 0.1) is 6.92 Å². The molecule has 92 valence electrons. The van der Waals surface area contributed by atoms with Gasteiger partial charge in [-0.15, -0.1) is 0 Å². The molecule has 0 aliphatic carbocycles. The van der Waals surface area contributed by atoms with Crippen molar-refractivity contribution in [1.29, 1.82) is 0 Å². The van der Waals surface area contributed by atoms with E-state index in [9.17, 15) is 0 Å². The number of rotatable bonds is 5. The van der Waals surface area contributed by atoms with Gasteiger partial charge in [-0.2, -0.15) is 5.10 Å². The van der Waals surface area contributed by atoms with E-state index in [-0.39, 0.29) is 5.60 Å². The highest BCUT2D eigenvalue weighted by Crippen LogP contribution is 2.18. The van der Waals surface area contributed by atoms with Gasteiger partial charge in [0.2, 0.25) is 0 Å². The maximum atomic E-state index is 5.41. The lowest BCUT2D eigenvalue weighted by Crippen LogP contribution is -2.31. The van der Waals surface area contributed by atoms with E-state index in [0.29, 0.717) is 6.04 Å². The summed E-state index contributed by atoms with van der Waals surface area (Å²) < 4.78 is 7.28. The second-order valence-corrected chi connectivity index (χ2v) is 5.01. The Morgan fingerprint density at radius 3 is 2.62 bits per heavy atom. The molecule has 0 saturated heterocycles. The number of hydrogen-bond donors (Lipinski definition) is 1. The molecule has 0 spiro atoms. The van der Waals surface area contributed by atoms with Crippen molar-refractivity contribution < 1.29 is 4.74 Å². The van der Waals surface area contributed by atoms with Crippen molar-refractivity contribution in [2.24, 2.45) is 7.05 Å². The van der Waals surface area contributed by atoms with E-state index in [4.69, 9.17) is 4.74 Å². The highest BCUT2D eigenvalue weighted by Gasteiger charge is 2.20. The largest absolute Gasteiger partial charge is 0.379 e. The fourth-order valence-corrected chi connectivity index (χ4v) is 1.76. The van der Waals surface area contributed by atoms with E-state index >= 15 is 0 Å². The third-order valence-corrected chi connectivity index (χ3v) is 2.86. The Balaban J connectivity index is 2.54. The van der Waals surface area contributed by atoms with Crippen LogP contribution in [0.2, 0.25) is 0 Å². The Labute approximate surface area is 98.0 Å². The molecule has 0 radical (unpaired) electrons. The zero-order valence-corrected chi connectivity index (χ0v) is 11.2. The van der Waals surface area contributed by atoms with Crippen molar-refractivity contribution >= 4 is 5.82 Å². The fourth-order valence-electron chi connectivity index (χ4n) is 1.76. The molecule has 1 atom stereocenters. The number of anilines is 1. The SMILES string of the molecule is COC(C)(C)CC(C)Nc1cc(C)n(C)n1. The van der Waals surface area contributed by atoms with Crippen LogP contribution in [0.25, 0.3) is 0 Å². The number of methoxy groups -OCH3 is 1. The van der Waals surface area contributed by atoms with Gasteiger partial charge in [-0.05, 0) is 34.1 Å². The van der Waals surface area contributed by atoms with Gasteiger partial charge in [-0.3, -0.25) is 4.68 Å². The minimum absolute atomic E-state index is 0.101. The normalized spacial score (nSPS) is 13.9. The van der Waals surface area contributed by atoms with Crippen LogP contribution in [0.3, 0.4) is 0 Å². The predicted octanol–water partition coefficient (Wildman–Crippen LogP) is 2.34. The van der Waals surface area contributed by atoms with Crippen LogP contribution < -0.4 is 5.32 Å². The van der Waals surface area contributed by atoms with Crippen LogP contribution in [0.5, 0.6) is 0 Å². The molecule has 0 bridgehead atoms. The van der Waals surface area contributed by atoms with Gasteiger partial charge >= 0.3 is 0 Å². The van der Waals surface area contributed by atoms with Gasteiger partial charge in [0.15, 0.2) is 0 Å². The molecule has 0 amide bonds. The van der Waals surface area contributed by atoms with Gasteiger partial charge in [0.05, 0.1) is 5.60 Å². The number of hydrogen-bond acceptors (Lipinski definition) is 3. The van der Waals surface area contributed by atoms with Crippen LogP contribution in [0.1, 0.15) is 32.9 Å². The number of nitrogens with one attached hydrogen (secondary N) is 1. The van der Waals surface area contributed by atoms with Gasteiger partial charge < -0.3 is 10.1 Å². The number of aryl methyl sites for hydroxylation is 2. The van der Waals surface area contributed by atoms with Crippen LogP contribution >= 0.6 is 0 Å². The van der Waals surface area contributed by atoms with E-state index < -0.39 is 0 Å². The first-order chi connectivity index (χ1) is 7.34. The Morgan fingerprint density at radius 1 is 1.56 bits per heavy atom. The number of aromatic nitrogens is 2. The molecule has 1 aromatic heterocycles. The Kier molecular flexibility index (Phi) is 3.97. The van der Waals surface area contributed by atoms with Gasteiger partial charge in [-0.1, -0.05) is 0 Å². The van der Waals surface area contributed by atoms with Gasteiger partial charge in [-0.25, -0.2) is 0 Å². The lowest BCUT2D eigenvalue weighted by molar-refractivity contribution is 0.0128. The van der Waals surface area contributed by atoms with Gasteiger partial charge in [0.1, 0.15) is 5.82 Å². The van der Waals surface area contributed by atoms with Crippen molar-refractivity contribution in [3.63, 3.8) is 0 Å². The molecule has 0 fully saturated rings. The number of nitrogens with zero attached hydrogens (tertiary/aromatic N) is 2. The summed E-state index contributed by atoms with van der Waals surface area (Å²) in [7, 11) is 3.70. The van der Waals surface area contributed by atoms with Gasteiger partial charge in [0.25, 0.3) is 0 Å². The molecular weight excluding hydrogens is 202 g/mol. The summed E-state index contributed by atoms with van der Waals surface area (Å²) in [6.07, 6.45) is 0.944. The van der Waals surface area contributed by atoms with Crippen molar-refractivity contribution in [2.75, 3.05) is 12.4 Å². The Bertz CT molecular complexity index is 325.